The highest BCUT2D eigenvalue weighted by Crippen LogP contribution is 2.51. The van der Waals surface area contributed by atoms with E-state index < -0.39 is 10.1 Å². The fourth-order valence-corrected chi connectivity index (χ4v) is 4.44. The van der Waals surface area contributed by atoms with Crippen molar-refractivity contribution in [2.24, 2.45) is 0 Å². The van der Waals surface area contributed by atoms with Crippen molar-refractivity contribution in [3.63, 3.8) is 0 Å². The van der Waals surface area contributed by atoms with Crippen molar-refractivity contribution >= 4 is 37.4 Å². The van der Waals surface area contributed by atoms with Gasteiger partial charge in [0.15, 0.2) is 11.5 Å². The number of ether oxygens (including phenoxy) is 1. The van der Waals surface area contributed by atoms with Crippen molar-refractivity contribution in [1.29, 1.82) is 0 Å². The zero-order valence-corrected chi connectivity index (χ0v) is 17.4. The van der Waals surface area contributed by atoms with Crippen LogP contribution in [0.25, 0.3) is 11.3 Å². The summed E-state index contributed by atoms with van der Waals surface area (Å²) in [5.74, 6) is 0.913. The lowest BCUT2D eigenvalue weighted by molar-refractivity contribution is 0.308. The number of hydrogen-bond acceptors (Lipinski definition) is 6. The molecule has 2 aromatic carbocycles. The van der Waals surface area contributed by atoms with Crippen LogP contribution in [0.1, 0.15) is 13.3 Å². The highest BCUT2D eigenvalue weighted by molar-refractivity contribution is 9.10. The molecule has 0 atom stereocenters. The molecule has 0 N–H and O–H groups in total. The average Bonchev–Trinajstić information content (AvgIpc) is 2.67. The van der Waals surface area contributed by atoms with E-state index in [1.165, 1.54) is 5.06 Å². The summed E-state index contributed by atoms with van der Waals surface area (Å²) in [5, 5.41) is 1.33. The molecule has 1 aliphatic heterocycles. The van der Waals surface area contributed by atoms with Gasteiger partial charge in [-0.25, -0.2) is 0 Å². The average molecular weight is 461 g/mol. The van der Waals surface area contributed by atoms with Crippen LogP contribution in [0.3, 0.4) is 0 Å². The molecule has 1 aliphatic rings. The monoisotopic (exact) mass is 460 g/mol. The summed E-state index contributed by atoms with van der Waals surface area (Å²) in [4.78, 5) is 4.45. The summed E-state index contributed by atoms with van der Waals surface area (Å²) < 4.78 is 37.4. The lowest BCUT2D eigenvalue weighted by atomic mass is 10.1. The molecule has 0 unspecified atom stereocenters. The van der Waals surface area contributed by atoms with Crippen LogP contribution in [0.5, 0.6) is 11.5 Å². The Morgan fingerprint density at radius 1 is 1.07 bits per heavy atom. The number of rotatable bonds is 5. The SMILES string of the molecule is CCCS(=O)(=O)ON1c2ccccc2Oc2cccc(-c3ncccc3Br)c21. The number of halogens is 1. The molecule has 3 aromatic rings. The molecule has 0 radical (unpaired) electrons. The first-order valence-corrected chi connectivity index (χ1v) is 11.1. The Morgan fingerprint density at radius 2 is 1.86 bits per heavy atom. The maximum Gasteiger partial charge on any atom is 0.288 e. The molecule has 0 spiro atoms. The van der Waals surface area contributed by atoms with E-state index in [1.54, 1.807) is 37.4 Å². The summed E-state index contributed by atoms with van der Waals surface area (Å²) in [7, 11) is -3.79. The van der Waals surface area contributed by atoms with Gasteiger partial charge in [0.05, 0.1) is 11.4 Å². The Hall–Kier alpha value is -2.42. The zero-order chi connectivity index (χ0) is 19.7. The normalized spacial score (nSPS) is 12.9. The Labute approximate surface area is 171 Å². The van der Waals surface area contributed by atoms with Crippen LogP contribution in [0.2, 0.25) is 0 Å². The van der Waals surface area contributed by atoms with Crippen LogP contribution in [-0.2, 0) is 14.4 Å². The minimum Gasteiger partial charge on any atom is -0.453 e. The van der Waals surface area contributed by atoms with E-state index in [2.05, 4.69) is 20.9 Å². The third-order valence-corrected chi connectivity index (χ3v) is 6.09. The van der Waals surface area contributed by atoms with E-state index >= 15 is 0 Å². The Bertz CT molecular complexity index is 1130. The first-order chi connectivity index (χ1) is 13.5. The fourth-order valence-electron chi connectivity index (χ4n) is 3.02. The van der Waals surface area contributed by atoms with Crippen molar-refractivity contribution in [1.82, 2.24) is 4.98 Å². The van der Waals surface area contributed by atoms with E-state index in [0.29, 0.717) is 40.6 Å². The van der Waals surface area contributed by atoms with Crippen LogP contribution in [-0.4, -0.2) is 19.2 Å². The number of nitrogens with zero attached hydrogens (tertiary/aromatic N) is 2. The molecule has 1 aromatic heterocycles. The summed E-state index contributed by atoms with van der Waals surface area (Å²) in [5.41, 5.74) is 2.34. The van der Waals surface area contributed by atoms with Gasteiger partial charge in [0, 0.05) is 16.2 Å². The first-order valence-electron chi connectivity index (χ1n) is 8.73. The molecule has 8 heteroatoms. The van der Waals surface area contributed by atoms with E-state index in [4.69, 9.17) is 9.02 Å². The molecule has 0 saturated heterocycles. The summed E-state index contributed by atoms with van der Waals surface area (Å²) >= 11 is 3.52. The second-order valence-corrected chi connectivity index (χ2v) is 8.71. The summed E-state index contributed by atoms with van der Waals surface area (Å²) in [6, 6.07) is 16.3. The molecule has 28 heavy (non-hydrogen) atoms. The highest BCUT2D eigenvalue weighted by Gasteiger charge is 2.32. The van der Waals surface area contributed by atoms with E-state index in [9.17, 15) is 8.42 Å². The Morgan fingerprint density at radius 3 is 2.64 bits per heavy atom. The molecule has 0 saturated carbocycles. The van der Waals surface area contributed by atoms with Gasteiger partial charge in [-0.05, 0) is 52.7 Å². The molecular weight excluding hydrogens is 444 g/mol. The summed E-state index contributed by atoms with van der Waals surface area (Å²) in [6.07, 6.45) is 2.13. The zero-order valence-electron chi connectivity index (χ0n) is 15.0. The minimum absolute atomic E-state index is 0.0860. The van der Waals surface area contributed by atoms with Crippen LogP contribution in [0, 0.1) is 0 Å². The van der Waals surface area contributed by atoms with Gasteiger partial charge >= 0.3 is 0 Å². The fraction of sp³-hybridized carbons (Fsp3) is 0.150. The number of aromatic nitrogens is 1. The van der Waals surface area contributed by atoms with Crippen LogP contribution >= 0.6 is 15.9 Å². The molecule has 0 fully saturated rings. The Balaban J connectivity index is 1.93. The maximum absolute atomic E-state index is 12.5. The molecule has 4 rings (SSSR count). The number of pyridine rings is 1. The van der Waals surface area contributed by atoms with Gasteiger partial charge in [0.1, 0.15) is 11.4 Å². The molecule has 0 aliphatic carbocycles. The third-order valence-electron chi connectivity index (χ3n) is 4.16. The van der Waals surface area contributed by atoms with Crippen molar-refractivity contribution in [3.05, 3.63) is 65.3 Å². The lowest BCUT2D eigenvalue weighted by Gasteiger charge is -2.32. The maximum atomic E-state index is 12.5. The third kappa shape index (κ3) is 3.50. The van der Waals surface area contributed by atoms with Gasteiger partial charge in [-0.15, -0.1) is 4.28 Å². The molecule has 144 valence electrons. The van der Waals surface area contributed by atoms with E-state index in [0.717, 1.165) is 4.47 Å². The van der Waals surface area contributed by atoms with Gasteiger partial charge in [-0.1, -0.05) is 31.2 Å². The number of benzene rings is 2. The van der Waals surface area contributed by atoms with Crippen LogP contribution < -0.4 is 9.80 Å². The number of fused-ring (bicyclic) bond motifs is 2. The lowest BCUT2D eigenvalue weighted by Crippen LogP contribution is -2.27. The predicted molar refractivity (Wildman–Crippen MR) is 111 cm³/mol. The van der Waals surface area contributed by atoms with Gasteiger partial charge < -0.3 is 4.74 Å². The van der Waals surface area contributed by atoms with Crippen molar-refractivity contribution in [3.8, 4) is 22.8 Å². The largest absolute Gasteiger partial charge is 0.453 e. The molecule has 6 nitrogen and oxygen atoms in total. The summed E-state index contributed by atoms with van der Waals surface area (Å²) in [6.45, 7) is 1.79. The second-order valence-electron chi connectivity index (χ2n) is 6.19. The minimum atomic E-state index is -3.79. The first kappa shape index (κ1) is 18.9. The number of para-hydroxylation sites is 3. The molecular formula is C20H17BrN2O4S. The van der Waals surface area contributed by atoms with Gasteiger partial charge in [0.25, 0.3) is 10.1 Å². The molecule has 2 heterocycles. The van der Waals surface area contributed by atoms with Gasteiger partial charge in [-0.2, -0.15) is 13.5 Å². The van der Waals surface area contributed by atoms with Gasteiger partial charge in [0.2, 0.25) is 0 Å². The second kappa shape index (κ2) is 7.54. The number of anilines is 2. The van der Waals surface area contributed by atoms with E-state index in [-0.39, 0.29) is 5.75 Å². The van der Waals surface area contributed by atoms with Crippen LogP contribution in [0.4, 0.5) is 11.4 Å². The highest BCUT2D eigenvalue weighted by atomic mass is 79.9. The Kier molecular flexibility index (Phi) is 5.09. The molecule has 0 bridgehead atoms. The quantitative estimate of drug-likeness (QED) is 0.505. The van der Waals surface area contributed by atoms with Crippen LogP contribution in [0.15, 0.2) is 65.3 Å². The number of hydrogen-bond donors (Lipinski definition) is 0. The van der Waals surface area contributed by atoms with Crippen molar-refractivity contribution in [2.45, 2.75) is 13.3 Å². The van der Waals surface area contributed by atoms with E-state index in [1.807, 2.05) is 30.3 Å². The topological polar surface area (TPSA) is 68.7 Å². The predicted octanol–water partition coefficient (Wildman–Crippen LogP) is 5.43. The standard InChI is InChI=1S/C20H17BrN2O4S/c1-2-13-28(24,25)27-23-16-9-3-4-10-17(16)26-18-11-5-7-14(20(18)23)19-15(21)8-6-12-22-19/h3-12H,2,13H2,1H3. The van der Waals surface area contributed by atoms with Crippen molar-refractivity contribution in [2.75, 3.05) is 10.8 Å². The van der Waals surface area contributed by atoms with Crippen molar-refractivity contribution < 1.29 is 17.4 Å². The molecule has 0 amide bonds. The van der Waals surface area contributed by atoms with Gasteiger partial charge in [-0.3, -0.25) is 4.98 Å². The smallest absolute Gasteiger partial charge is 0.288 e.